The number of hydrogen-bond donors (Lipinski definition) is 4. The zero-order valence-electron chi connectivity index (χ0n) is 19.0. The van der Waals surface area contributed by atoms with E-state index in [1.165, 1.54) is 25.1 Å². The van der Waals surface area contributed by atoms with Crippen LogP contribution in [0.4, 0.5) is 16.2 Å². The highest BCUT2D eigenvalue weighted by molar-refractivity contribution is 6.02. The van der Waals surface area contributed by atoms with Crippen LogP contribution in [0, 0.1) is 0 Å². The molecule has 9 nitrogen and oxygen atoms in total. The summed E-state index contributed by atoms with van der Waals surface area (Å²) in [6, 6.07) is 21.3. The van der Waals surface area contributed by atoms with Crippen molar-refractivity contribution in [1.82, 2.24) is 5.32 Å². The van der Waals surface area contributed by atoms with E-state index in [1.54, 1.807) is 0 Å². The van der Waals surface area contributed by atoms with Crippen LogP contribution in [0.2, 0.25) is 0 Å². The lowest BCUT2D eigenvalue weighted by Crippen LogP contribution is -2.45. The standard InChI is InChI=1S/C26H25N3O6/c1-17(30)27-22-15-20(12-13-21(22)25(32)33)28-24(31)23(14-18-8-4-2-5-9-18)29-26(34)35-16-19-10-6-3-7-11-19/h2-13,15,23H,14,16H2,1H3,(H,27,30)(H,28,31)(H,29,34)(H,32,33)/t23-/m0/s1. The number of alkyl carbamates (subject to hydrolysis) is 1. The molecule has 0 heterocycles. The molecular formula is C26H25N3O6. The maximum atomic E-state index is 13.1. The minimum Gasteiger partial charge on any atom is -0.478 e. The molecule has 0 unspecified atom stereocenters. The van der Waals surface area contributed by atoms with E-state index in [9.17, 15) is 24.3 Å². The summed E-state index contributed by atoms with van der Waals surface area (Å²) < 4.78 is 5.26. The minimum absolute atomic E-state index is 0.0395. The van der Waals surface area contributed by atoms with Crippen LogP contribution in [0.1, 0.15) is 28.4 Å². The Hall–Kier alpha value is -4.66. The van der Waals surface area contributed by atoms with Crippen molar-refractivity contribution in [3.63, 3.8) is 0 Å². The summed E-state index contributed by atoms with van der Waals surface area (Å²) in [7, 11) is 0. The second-order valence-electron chi connectivity index (χ2n) is 7.68. The summed E-state index contributed by atoms with van der Waals surface area (Å²) in [5, 5.41) is 17.0. The molecule has 0 aliphatic carbocycles. The largest absolute Gasteiger partial charge is 0.478 e. The zero-order valence-corrected chi connectivity index (χ0v) is 19.0. The molecule has 0 bridgehead atoms. The quantitative estimate of drug-likeness (QED) is 0.372. The molecule has 0 spiro atoms. The highest BCUT2D eigenvalue weighted by Crippen LogP contribution is 2.22. The average molecular weight is 476 g/mol. The Bertz CT molecular complexity index is 1200. The van der Waals surface area contributed by atoms with Gasteiger partial charge in [0.05, 0.1) is 11.3 Å². The van der Waals surface area contributed by atoms with E-state index >= 15 is 0 Å². The lowest BCUT2D eigenvalue weighted by atomic mass is 10.1. The number of nitrogens with one attached hydrogen (secondary N) is 3. The summed E-state index contributed by atoms with van der Waals surface area (Å²) in [4.78, 5) is 48.4. The van der Waals surface area contributed by atoms with Gasteiger partial charge in [-0.1, -0.05) is 60.7 Å². The maximum Gasteiger partial charge on any atom is 0.408 e. The molecule has 3 rings (SSSR count). The maximum absolute atomic E-state index is 13.1. The van der Waals surface area contributed by atoms with E-state index < -0.39 is 29.9 Å². The van der Waals surface area contributed by atoms with Crippen molar-refractivity contribution in [2.24, 2.45) is 0 Å². The smallest absolute Gasteiger partial charge is 0.408 e. The van der Waals surface area contributed by atoms with Crippen LogP contribution < -0.4 is 16.0 Å². The number of aromatic carboxylic acids is 1. The summed E-state index contributed by atoms with van der Waals surface area (Å²) in [6.45, 7) is 1.29. The van der Waals surface area contributed by atoms with Crippen LogP contribution in [0.5, 0.6) is 0 Å². The highest BCUT2D eigenvalue weighted by Gasteiger charge is 2.23. The fourth-order valence-corrected chi connectivity index (χ4v) is 3.30. The summed E-state index contributed by atoms with van der Waals surface area (Å²) in [5.41, 5.74) is 1.78. The molecule has 0 radical (unpaired) electrons. The van der Waals surface area contributed by atoms with E-state index in [2.05, 4.69) is 16.0 Å². The summed E-state index contributed by atoms with van der Waals surface area (Å²) >= 11 is 0. The molecule has 0 aromatic heterocycles. The molecule has 1 atom stereocenters. The third kappa shape index (κ3) is 7.71. The molecule has 3 aromatic rings. The number of benzene rings is 3. The van der Waals surface area contributed by atoms with Gasteiger partial charge in [0, 0.05) is 19.0 Å². The second kappa shape index (κ2) is 12.0. The van der Waals surface area contributed by atoms with Gasteiger partial charge in [-0.15, -0.1) is 0 Å². The van der Waals surface area contributed by atoms with E-state index in [-0.39, 0.29) is 30.0 Å². The molecule has 0 aliphatic heterocycles. The minimum atomic E-state index is -1.23. The van der Waals surface area contributed by atoms with E-state index in [4.69, 9.17) is 4.74 Å². The van der Waals surface area contributed by atoms with Crippen molar-refractivity contribution >= 4 is 35.3 Å². The fourth-order valence-electron chi connectivity index (χ4n) is 3.30. The first-order valence-corrected chi connectivity index (χ1v) is 10.8. The van der Waals surface area contributed by atoms with Crippen molar-refractivity contribution in [2.75, 3.05) is 10.6 Å². The third-order valence-electron chi connectivity index (χ3n) is 4.93. The number of carboxylic acid groups (broad SMARTS) is 1. The Balaban J connectivity index is 1.75. The van der Waals surface area contributed by atoms with Crippen molar-refractivity contribution in [2.45, 2.75) is 26.0 Å². The monoisotopic (exact) mass is 475 g/mol. The van der Waals surface area contributed by atoms with Gasteiger partial charge in [0.15, 0.2) is 0 Å². The predicted octanol–water partition coefficient (Wildman–Crippen LogP) is 3.82. The van der Waals surface area contributed by atoms with E-state index in [0.717, 1.165) is 11.1 Å². The molecule has 3 aromatic carbocycles. The zero-order chi connectivity index (χ0) is 25.2. The van der Waals surface area contributed by atoms with Crippen molar-refractivity contribution < 1.29 is 29.0 Å². The van der Waals surface area contributed by atoms with Gasteiger partial charge in [-0.2, -0.15) is 0 Å². The number of rotatable bonds is 9. The SMILES string of the molecule is CC(=O)Nc1cc(NC(=O)[C@H](Cc2ccccc2)NC(=O)OCc2ccccc2)ccc1C(=O)O. The van der Waals surface area contributed by atoms with Crippen LogP contribution >= 0.6 is 0 Å². The highest BCUT2D eigenvalue weighted by atomic mass is 16.5. The third-order valence-corrected chi connectivity index (χ3v) is 4.93. The Morgan fingerprint density at radius 1 is 0.857 bits per heavy atom. The Morgan fingerprint density at radius 3 is 2.09 bits per heavy atom. The number of anilines is 2. The molecule has 0 fully saturated rings. The molecule has 0 aliphatic rings. The molecule has 35 heavy (non-hydrogen) atoms. The lowest BCUT2D eigenvalue weighted by Gasteiger charge is -2.19. The number of carbonyl (C=O) groups is 4. The van der Waals surface area contributed by atoms with Gasteiger partial charge in [-0.3, -0.25) is 9.59 Å². The average Bonchev–Trinajstić information content (AvgIpc) is 2.83. The van der Waals surface area contributed by atoms with Gasteiger partial charge in [0.2, 0.25) is 11.8 Å². The van der Waals surface area contributed by atoms with Crippen LogP contribution in [0.25, 0.3) is 0 Å². The van der Waals surface area contributed by atoms with Crippen LogP contribution in [-0.4, -0.2) is 35.0 Å². The number of hydrogen-bond acceptors (Lipinski definition) is 5. The molecule has 4 N–H and O–H groups in total. The van der Waals surface area contributed by atoms with Gasteiger partial charge in [-0.05, 0) is 29.3 Å². The number of ether oxygens (including phenoxy) is 1. The second-order valence-corrected chi connectivity index (χ2v) is 7.68. The summed E-state index contributed by atoms with van der Waals surface area (Å²) in [5.74, 6) is -2.22. The van der Waals surface area contributed by atoms with Gasteiger partial charge in [0.1, 0.15) is 12.6 Å². The van der Waals surface area contributed by atoms with Crippen LogP contribution in [0.3, 0.4) is 0 Å². The van der Waals surface area contributed by atoms with Crippen LogP contribution in [-0.2, 0) is 27.4 Å². The molecular weight excluding hydrogens is 450 g/mol. The number of amides is 3. The van der Waals surface area contributed by atoms with Crippen LogP contribution in [0.15, 0.2) is 78.9 Å². The molecule has 9 heteroatoms. The molecule has 0 saturated carbocycles. The first-order chi connectivity index (χ1) is 16.8. The normalized spacial score (nSPS) is 11.1. The van der Waals surface area contributed by atoms with Gasteiger partial charge >= 0.3 is 12.1 Å². The number of carbonyl (C=O) groups excluding carboxylic acids is 3. The van der Waals surface area contributed by atoms with E-state index in [1.807, 2.05) is 60.7 Å². The van der Waals surface area contributed by atoms with Gasteiger partial charge in [0.25, 0.3) is 0 Å². The molecule has 3 amide bonds. The first kappa shape index (κ1) is 25.0. The number of carboxylic acids is 1. The first-order valence-electron chi connectivity index (χ1n) is 10.8. The lowest BCUT2D eigenvalue weighted by molar-refractivity contribution is -0.118. The van der Waals surface area contributed by atoms with Crippen molar-refractivity contribution in [3.8, 4) is 0 Å². The topological polar surface area (TPSA) is 134 Å². The summed E-state index contributed by atoms with van der Waals surface area (Å²) in [6.07, 6.45) is -0.566. The Morgan fingerprint density at radius 2 is 1.49 bits per heavy atom. The Kier molecular flexibility index (Phi) is 8.55. The van der Waals surface area contributed by atoms with Crippen molar-refractivity contribution in [3.05, 3.63) is 95.6 Å². The van der Waals surface area contributed by atoms with E-state index in [0.29, 0.717) is 0 Å². The van der Waals surface area contributed by atoms with Gasteiger partial charge in [-0.25, -0.2) is 9.59 Å². The molecule has 180 valence electrons. The van der Waals surface area contributed by atoms with Crippen molar-refractivity contribution in [1.29, 1.82) is 0 Å². The van der Waals surface area contributed by atoms with Gasteiger partial charge < -0.3 is 25.8 Å². The Labute approximate surface area is 202 Å². The fraction of sp³-hybridized carbons (Fsp3) is 0.154. The predicted molar refractivity (Wildman–Crippen MR) is 130 cm³/mol. The molecule has 0 saturated heterocycles.